The van der Waals surface area contributed by atoms with Gasteiger partial charge in [-0.05, 0) is 71.8 Å². The monoisotopic (exact) mass is 534 g/mol. The van der Waals surface area contributed by atoms with Crippen molar-refractivity contribution in [2.24, 2.45) is 0 Å². The maximum Gasteiger partial charge on any atom is 0.189 e. The fourth-order valence-electron chi connectivity index (χ4n) is 6.33. The average Bonchev–Trinajstić information content (AvgIpc) is 3.57. The minimum Gasteiger partial charge on any atom is -0.309 e. The molecule has 42 heavy (non-hydrogen) atoms. The van der Waals surface area contributed by atoms with E-state index in [4.69, 9.17) is 6.57 Å². The van der Waals surface area contributed by atoms with Crippen LogP contribution in [-0.2, 0) is 0 Å². The third kappa shape index (κ3) is 3.53. The van der Waals surface area contributed by atoms with E-state index in [0.29, 0.717) is 11.3 Å². The summed E-state index contributed by atoms with van der Waals surface area (Å²) in [4.78, 5) is 3.66. The lowest BCUT2D eigenvalue weighted by Gasteiger charge is -2.16. The SMILES string of the molecule is [C-]#[N+]c1cc(C#N)cc(-c2cc(-n3c4ccccc4c4ccccc43)cc(-n3c4ccccc4c4ccccc43)c2)c1. The van der Waals surface area contributed by atoms with E-state index in [2.05, 4.69) is 135 Å². The Hall–Kier alpha value is -6.10. The van der Waals surface area contributed by atoms with Gasteiger partial charge in [-0.3, -0.25) is 0 Å². The van der Waals surface area contributed by atoms with Crippen LogP contribution in [0.2, 0.25) is 0 Å². The fraction of sp³-hybridized carbons (Fsp3) is 0. The van der Waals surface area contributed by atoms with Gasteiger partial charge in [0.25, 0.3) is 0 Å². The molecule has 0 bridgehead atoms. The molecule has 0 unspecified atom stereocenters. The molecule has 4 heteroatoms. The van der Waals surface area contributed by atoms with Gasteiger partial charge in [-0.25, -0.2) is 4.85 Å². The Kier molecular flexibility index (Phi) is 5.22. The lowest BCUT2D eigenvalue weighted by Crippen LogP contribution is -2.00. The number of benzene rings is 6. The van der Waals surface area contributed by atoms with Gasteiger partial charge in [-0.2, -0.15) is 5.26 Å². The Bertz CT molecular complexity index is 2170. The zero-order chi connectivity index (χ0) is 28.2. The maximum absolute atomic E-state index is 9.75. The van der Waals surface area contributed by atoms with Crippen LogP contribution < -0.4 is 0 Å². The van der Waals surface area contributed by atoms with Crippen LogP contribution in [0.3, 0.4) is 0 Å². The minimum absolute atomic E-state index is 0.449. The van der Waals surface area contributed by atoms with Gasteiger partial charge in [0, 0.05) is 38.5 Å². The maximum atomic E-state index is 9.75. The topological polar surface area (TPSA) is 38.0 Å². The quantitative estimate of drug-likeness (QED) is 0.208. The van der Waals surface area contributed by atoms with Crippen LogP contribution in [-0.4, -0.2) is 9.13 Å². The summed E-state index contributed by atoms with van der Waals surface area (Å²) in [6, 6.07) is 48.2. The molecule has 6 aromatic carbocycles. The van der Waals surface area contributed by atoms with Gasteiger partial charge in [-0.15, -0.1) is 0 Å². The largest absolute Gasteiger partial charge is 0.309 e. The van der Waals surface area contributed by atoms with Gasteiger partial charge in [0.1, 0.15) is 0 Å². The third-order valence-corrected chi connectivity index (χ3v) is 8.09. The molecule has 4 nitrogen and oxygen atoms in total. The third-order valence-electron chi connectivity index (χ3n) is 8.09. The van der Waals surface area contributed by atoms with E-state index in [1.54, 1.807) is 6.07 Å². The zero-order valence-electron chi connectivity index (χ0n) is 22.5. The van der Waals surface area contributed by atoms with E-state index in [-0.39, 0.29) is 0 Å². The summed E-state index contributed by atoms with van der Waals surface area (Å²) < 4.78 is 4.63. The van der Waals surface area contributed by atoms with E-state index >= 15 is 0 Å². The van der Waals surface area contributed by atoms with Crippen molar-refractivity contribution in [1.29, 1.82) is 5.26 Å². The van der Waals surface area contributed by atoms with Crippen molar-refractivity contribution in [2.45, 2.75) is 0 Å². The predicted octanol–water partition coefficient (Wildman–Crippen LogP) is 9.97. The molecule has 0 spiro atoms. The van der Waals surface area contributed by atoms with Crippen molar-refractivity contribution < 1.29 is 0 Å². The molecule has 2 heterocycles. The van der Waals surface area contributed by atoms with Gasteiger partial charge in [0.05, 0.1) is 34.7 Å². The second-order valence-corrected chi connectivity index (χ2v) is 10.5. The Morgan fingerprint density at radius 3 is 1.31 bits per heavy atom. The van der Waals surface area contributed by atoms with Crippen molar-refractivity contribution in [2.75, 3.05) is 0 Å². The summed E-state index contributed by atoms with van der Waals surface area (Å²) in [5.41, 5.74) is 9.20. The minimum atomic E-state index is 0.449. The first-order valence-corrected chi connectivity index (χ1v) is 13.8. The van der Waals surface area contributed by atoms with E-state index in [0.717, 1.165) is 44.6 Å². The first kappa shape index (κ1) is 23.8. The van der Waals surface area contributed by atoms with Crippen molar-refractivity contribution in [3.63, 3.8) is 0 Å². The average molecular weight is 535 g/mol. The van der Waals surface area contributed by atoms with E-state index in [1.165, 1.54) is 21.5 Å². The van der Waals surface area contributed by atoms with Crippen LogP contribution in [0.1, 0.15) is 5.56 Å². The molecule has 0 N–H and O–H groups in total. The smallest absolute Gasteiger partial charge is 0.189 e. The molecule has 0 amide bonds. The molecule has 0 fully saturated rings. The second kappa shape index (κ2) is 9.24. The van der Waals surface area contributed by atoms with E-state index < -0.39 is 0 Å². The molecule has 0 radical (unpaired) electrons. The highest BCUT2D eigenvalue weighted by atomic mass is 15.0. The van der Waals surface area contributed by atoms with Gasteiger partial charge >= 0.3 is 0 Å². The second-order valence-electron chi connectivity index (χ2n) is 10.5. The first-order chi connectivity index (χ1) is 20.7. The number of nitriles is 1. The van der Waals surface area contributed by atoms with Gasteiger partial charge in [-0.1, -0.05) is 72.8 Å². The molecule has 0 aliphatic rings. The number of aromatic nitrogens is 2. The highest BCUT2D eigenvalue weighted by molar-refractivity contribution is 6.10. The number of fused-ring (bicyclic) bond motifs is 6. The van der Waals surface area contributed by atoms with E-state index in [1.807, 2.05) is 12.1 Å². The molecule has 0 saturated carbocycles. The first-order valence-electron chi connectivity index (χ1n) is 13.8. The molecule has 8 rings (SSSR count). The molecule has 2 aromatic heterocycles. The molecular weight excluding hydrogens is 512 g/mol. The summed E-state index contributed by atoms with van der Waals surface area (Å²) in [7, 11) is 0. The standard InChI is InChI=1S/C38H22N4/c1-40-28-19-25(24-39)18-26(20-28)27-21-29(41-35-14-6-2-10-31(35)32-11-3-7-15-36(32)41)23-30(22-27)42-37-16-8-4-12-33(37)34-13-5-9-17-38(34)42/h2-23H. The number of hydrogen-bond acceptors (Lipinski definition) is 1. The van der Waals surface area contributed by atoms with E-state index in [9.17, 15) is 5.26 Å². The van der Waals surface area contributed by atoms with Crippen LogP contribution in [0, 0.1) is 17.9 Å². The number of nitrogens with zero attached hydrogens (tertiary/aromatic N) is 4. The van der Waals surface area contributed by atoms with Crippen molar-refractivity contribution in [3.05, 3.63) is 150 Å². The normalized spacial score (nSPS) is 11.3. The molecule has 0 atom stereocenters. The van der Waals surface area contributed by atoms with Crippen LogP contribution in [0.25, 0.3) is 71.0 Å². The zero-order valence-corrected chi connectivity index (χ0v) is 22.5. The number of hydrogen-bond donors (Lipinski definition) is 0. The van der Waals surface area contributed by atoms with Crippen LogP contribution in [0.5, 0.6) is 0 Å². The molecular formula is C38H22N4. The van der Waals surface area contributed by atoms with Gasteiger partial charge < -0.3 is 9.13 Å². The van der Waals surface area contributed by atoms with Gasteiger partial charge in [0.2, 0.25) is 0 Å². The summed E-state index contributed by atoms with van der Waals surface area (Å²) in [5.74, 6) is 0. The summed E-state index contributed by atoms with van der Waals surface area (Å²) in [6.07, 6.45) is 0. The molecule has 0 aliphatic carbocycles. The predicted molar refractivity (Wildman–Crippen MR) is 172 cm³/mol. The number of para-hydroxylation sites is 4. The Balaban J connectivity index is 1.51. The summed E-state index contributed by atoms with van der Waals surface area (Å²) in [5, 5.41) is 14.5. The van der Waals surface area contributed by atoms with Crippen LogP contribution >= 0.6 is 0 Å². The Morgan fingerprint density at radius 2 is 0.905 bits per heavy atom. The number of rotatable bonds is 3. The van der Waals surface area contributed by atoms with Gasteiger partial charge in [0.15, 0.2) is 5.69 Å². The van der Waals surface area contributed by atoms with Crippen LogP contribution in [0.15, 0.2) is 133 Å². The summed E-state index contributed by atoms with van der Waals surface area (Å²) >= 11 is 0. The Labute approximate surface area is 242 Å². The molecule has 0 saturated heterocycles. The highest BCUT2D eigenvalue weighted by Crippen LogP contribution is 2.38. The molecule has 194 valence electrons. The van der Waals surface area contributed by atoms with Crippen molar-refractivity contribution in [1.82, 2.24) is 9.13 Å². The lowest BCUT2D eigenvalue weighted by atomic mass is 10.0. The van der Waals surface area contributed by atoms with Crippen molar-refractivity contribution >= 4 is 49.3 Å². The Morgan fingerprint density at radius 1 is 0.500 bits per heavy atom. The van der Waals surface area contributed by atoms with Crippen LogP contribution in [0.4, 0.5) is 5.69 Å². The molecule has 8 aromatic rings. The lowest BCUT2D eigenvalue weighted by molar-refractivity contribution is 1.13. The summed E-state index contributed by atoms with van der Waals surface area (Å²) in [6.45, 7) is 7.66. The molecule has 0 aliphatic heterocycles. The highest BCUT2D eigenvalue weighted by Gasteiger charge is 2.17. The fourth-order valence-corrected chi connectivity index (χ4v) is 6.33. The van der Waals surface area contributed by atoms with Crippen molar-refractivity contribution in [3.8, 4) is 28.6 Å².